The first-order valence-corrected chi connectivity index (χ1v) is 5.03. The highest BCUT2D eigenvalue weighted by atomic mass is 31.1. The molecule has 1 aromatic rings. The van der Waals surface area contributed by atoms with Crippen molar-refractivity contribution < 1.29 is 4.42 Å². The lowest BCUT2D eigenvalue weighted by molar-refractivity contribution is 0.528. The number of hydrogen-bond donors (Lipinski definition) is 0. The van der Waals surface area contributed by atoms with Crippen LogP contribution in [0.4, 0.5) is 0 Å². The summed E-state index contributed by atoms with van der Waals surface area (Å²) in [6.07, 6.45) is 1.51. The molecule has 0 fully saturated rings. The number of aryl methyl sites for hydroxylation is 1. The molecule has 1 heterocycles. The van der Waals surface area contributed by atoms with Crippen molar-refractivity contribution in [3.8, 4) is 0 Å². The Kier molecular flexibility index (Phi) is 1.87. The Labute approximate surface area is 56.0 Å². The average molecular weight is 143 g/mol. The Hall–Kier alpha value is -0.360. The summed E-state index contributed by atoms with van der Waals surface area (Å²) in [5.74, 6) is 0.964. The van der Waals surface area contributed by atoms with Crippen LogP contribution in [0.2, 0.25) is 0 Å². The summed E-state index contributed by atoms with van der Waals surface area (Å²) < 4.78 is 5.03. The molecule has 0 N–H and O–H groups in total. The van der Waals surface area contributed by atoms with E-state index in [1.807, 2.05) is 6.92 Å². The molecule has 0 spiro atoms. The zero-order chi connectivity index (χ0) is 6.85. The summed E-state index contributed by atoms with van der Waals surface area (Å²) in [4.78, 5) is 4.08. The molecule has 2 nitrogen and oxygen atoms in total. The lowest BCUT2D eigenvalue weighted by atomic mass is 10.6. The number of aromatic nitrogens is 1. The van der Waals surface area contributed by atoms with Gasteiger partial charge in [-0.2, -0.15) is 0 Å². The van der Waals surface area contributed by atoms with Crippen LogP contribution >= 0.6 is 7.92 Å². The lowest BCUT2D eigenvalue weighted by Crippen LogP contribution is -2.02. The van der Waals surface area contributed by atoms with E-state index in [0.29, 0.717) is 0 Å². The maximum Gasteiger partial charge on any atom is 0.181 e. The fourth-order valence-electron chi connectivity index (χ4n) is 0.729. The van der Waals surface area contributed by atoms with Crippen molar-refractivity contribution in [2.75, 3.05) is 13.3 Å². The lowest BCUT2D eigenvalue weighted by Gasteiger charge is -1.98. The minimum absolute atomic E-state index is 0.0842. The van der Waals surface area contributed by atoms with Gasteiger partial charge in [-0.25, -0.2) is 4.98 Å². The zero-order valence-electron chi connectivity index (χ0n) is 5.88. The van der Waals surface area contributed by atoms with Crippen LogP contribution < -0.4 is 5.44 Å². The molecule has 0 aromatic carbocycles. The number of oxazole rings is 1. The first-order chi connectivity index (χ1) is 4.22. The van der Waals surface area contributed by atoms with Gasteiger partial charge in [0.2, 0.25) is 0 Å². The molecule has 3 heteroatoms. The minimum Gasteiger partial charge on any atom is -0.448 e. The molecule has 1 rings (SSSR count). The highest BCUT2D eigenvalue weighted by molar-refractivity contribution is 7.63. The van der Waals surface area contributed by atoms with E-state index in [1.54, 1.807) is 0 Å². The van der Waals surface area contributed by atoms with Gasteiger partial charge in [0.05, 0.1) is 0 Å². The standard InChI is InChI=1S/C6H10NOP/c1-5-6(9(2)3)7-4-8-5/h4H,1-3H3. The fourth-order valence-corrected chi connectivity index (χ4v) is 1.69. The van der Waals surface area contributed by atoms with E-state index in [4.69, 9.17) is 4.42 Å². The smallest absolute Gasteiger partial charge is 0.181 e. The van der Waals surface area contributed by atoms with Gasteiger partial charge in [0.1, 0.15) is 11.2 Å². The molecule has 0 amide bonds. The van der Waals surface area contributed by atoms with Crippen LogP contribution in [-0.2, 0) is 0 Å². The van der Waals surface area contributed by atoms with Crippen LogP contribution in [-0.4, -0.2) is 18.3 Å². The van der Waals surface area contributed by atoms with Gasteiger partial charge >= 0.3 is 0 Å². The van der Waals surface area contributed by atoms with Gasteiger partial charge in [-0.05, 0) is 20.3 Å². The van der Waals surface area contributed by atoms with E-state index >= 15 is 0 Å². The number of nitrogens with zero attached hydrogens (tertiary/aromatic N) is 1. The van der Waals surface area contributed by atoms with Gasteiger partial charge in [-0.15, -0.1) is 0 Å². The Morgan fingerprint density at radius 3 is 2.44 bits per heavy atom. The van der Waals surface area contributed by atoms with Crippen LogP contribution in [0, 0.1) is 6.92 Å². The van der Waals surface area contributed by atoms with E-state index in [0.717, 1.165) is 11.2 Å². The monoisotopic (exact) mass is 143 g/mol. The molecule has 0 aliphatic heterocycles. The Morgan fingerprint density at radius 1 is 1.56 bits per heavy atom. The molecule has 0 aliphatic carbocycles. The van der Waals surface area contributed by atoms with Gasteiger partial charge in [-0.3, -0.25) is 0 Å². The molecule has 0 atom stereocenters. The zero-order valence-corrected chi connectivity index (χ0v) is 6.77. The SMILES string of the molecule is Cc1ocnc1P(C)C. The van der Waals surface area contributed by atoms with Gasteiger partial charge < -0.3 is 4.42 Å². The Bertz CT molecular complexity index is 195. The van der Waals surface area contributed by atoms with E-state index in [9.17, 15) is 0 Å². The van der Waals surface area contributed by atoms with Crippen molar-refractivity contribution in [3.05, 3.63) is 12.2 Å². The molecular weight excluding hydrogens is 133 g/mol. The van der Waals surface area contributed by atoms with Crippen molar-refractivity contribution in [2.45, 2.75) is 6.92 Å². The highest BCUT2D eigenvalue weighted by Gasteiger charge is 2.05. The van der Waals surface area contributed by atoms with Gasteiger partial charge in [0.25, 0.3) is 0 Å². The van der Waals surface area contributed by atoms with Crippen LogP contribution in [0.25, 0.3) is 0 Å². The largest absolute Gasteiger partial charge is 0.448 e. The molecule has 9 heavy (non-hydrogen) atoms. The molecule has 0 saturated heterocycles. The summed E-state index contributed by atoms with van der Waals surface area (Å²) in [5.41, 5.74) is 1.13. The number of hydrogen-bond acceptors (Lipinski definition) is 2. The topological polar surface area (TPSA) is 26.0 Å². The Morgan fingerprint density at radius 2 is 2.22 bits per heavy atom. The van der Waals surface area contributed by atoms with Crippen molar-refractivity contribution in [1.82, 2.24) is 4.98 Å². The van der Waals surface area contributed by atoms with Crippen molar-refractivity contribution in [2.24, 2.45) is 0 Å². The van der Waals surface area contributed by atoms with E-state index in [2.05, 4.69) is 18.3 Å². The van der Waals surface area contributed by atoms with Crippen LogP contribution in [0.15, 0.2) is 10.8 Å². The summed E-state index contributed by atoms with van der Waals surface area (Å²) in [5, 5.41) is 0. The maximum absolute atomic E-state index is 5.03. The first kappa shape index (κ1) is 6.76. The minimum atomic E-state index is -0.0842. The van der Waals surface area contributed by atoms with Crippen LogP contribution in [0.3, 0.4) is 0 Å². The Balaban J connectivity index is 2.94. The van der Waals surface area contributed by atoms with Crippen molar-refractivity contribution in [1.29, 1.82) is 0 Å². The van der Waals surface area contributed by atoms with E-state index < -0.39 is 0 Å². The summed E-state index contributed by atoms with van der Waals surface area (Å²) in [7, 11) is -0.0842. The predicted molar refractivity (Wildman–Crippen MR) is 39.6 cm³/mol. The molecule has 1 aromatic heterocycles. The third-order valence-corrected chi connectivity index (χ3v) is 2.42. The molecule has 0 radical (unpaired) electrons. The van der Waals surface area contributed by atoms with Gasteiger partial charge in [0.15, 0.2) is 6.39 Å². The first-order valence-electron chi connectivity index (χ1n) is 2.79. The molecule has 50 valence electrons. The van der Waals surface area contributed by atoms with Gasteiger partial charge in [-0.1, -0.05) is 7.92 Å². The van der Waals surface area contributed by atoms with Gasteiger partial charge in [0, 0.05) is 0 Å². The van der Waals surface area contributed by atoms with E-state index in [-0.39, 0.29) is 7.92 Å². The fraction of sp³-hybridized carbons (Fsp3) is 0.500. The quantitative estimate of drug-likeness (QED) is 0.554. The molecule has 0 saturated carbocycles. The van der Waals surface area contributed by atoms with Crippen LogP contribution in [0.5, 0.6) is 0 Å². The second kappa shape index (κ2) is 2.49. The van der Waals surface area contributed by atoms with Crippen molar-refractivity contribution in [3.63, 3.8) is 0 Å². The molecular formula is C6H10NOP. The van der Waals surface area contributed by atoms with E-state index in [1.165, 1.54) is 6.39 Å². The third kappa shape index (κ3) is 1.31. The summed E-state index contributed by atoms with van der Waals surface area (Å²) >= 11 is 0. The molecule has 0 aliphatic rings. The third-order valence-electron chi connectivity index (χ3n) is 1.14. The van der Waals surface area contributed by atoms with Crippen molar-refractivity contribution >= 4 is 13.4 Å². The summed E-state index contributed by atoms with van der Waals surface area (Å²) in [6.45, 7) is 6.28. The van der Waals surface area contributed by atoms with Crippen LogP contribution in [0.1, 0.15) is 5.76 Å². The number of rotatable bonds is 1. The maximum atomic E-state index is 5.03. The normalized spacial score (nSPS) is 10.7. The predicted octanol–water partition coefficient (Wildman–Crippen LogP) is 1.35. The second-order valence-corrected chi connectivity index (χ2v) is 4.34. The average Bonchev–Trinajstić information content (AvgIpc) is 2.13. The highest BCUT2D eigenvalue weighted by Crippen LogP contribution is 2.23. The molecule has 0 unspecified atom stereocenters. The summed E-state index contributed by atoms with van der Waals surface area (Å²) in [6, 6.07) is 0. The second-order valence-electron chi connectivity index (χ2n) is 2.13. The molecule has 0 bridgehead atoms.